The topological polar surface area (TPSA) is 46.5 Å². The molecule has 0 aromatic carbocycles. The Bertz CT molecular complexity index is 191. The molecule has 1 saturated heterocycles. The number of carbonyl (C=O) groups is 1. The van der Waals surface area contributed by atoms with E-state index < -0.39 is 5.97 Å². The molecule has 1 aliphatic rings. The van der Waals surface area contributed by atoms with Crippen LogP contribution >= 0.6 is 0 Å². The van der Waals surface area contributed by atoms with Crippen molar-refractivity contribution < 1.29 is 14.6 Å². The van der Waals surface area contributed by atoms with Crippen molar-refractivity contribution in [3.05, 3.63) is 0 Å². The largest absolute Gasteiger partial charge is 0.481 e. The molecule has 2 unspecified atom stereocenters. The quantitative estimate of drug-likeness (QED) is 0.691. The van der Waals surface area contributed by atoms with Gasteiger partial charge in [-0.25, -0.2) is 0 Å². The van der Waals surface area contributed by atoms with Gasteiger partial charge in [0.2, 0.25) is 0 Å². The maximum Gasteiger partial charge on any atom is 0.303 e. The summed E-state index contributed by atoms with van der Waals surface area (Å²) in [5, 5.41) is 8.73. The number of unbranched alkanes of at least 4 members (excludes halogenated alkanes) is 2. The molecular formula is C12H22O3. The fraction of sp³-hybridized carbons (Fsp3) is 0.917. The van der Waals surface area contributed by atoms with Gasteiger partial charge in [-0.2, -0.15) is 0 Å². The molecule has 0 aliphatic carbocycles. The first-order valence-corrected chi connectivity index (χ1v) is 6.05. The van der Waals surface area contributed by atoms with Crippen molar-refractivity contribution in [1.82, 2.24) is 0 Å². The van der Waals surface area contributed by atoms with Gasteiger partial charge in [0.25, 0.3) is 0 Å². The van der Waals surface area contributed by atoms with Crippen molar-refractivity contribution in [1.29, 1.82) is 0 Å². The Morgan fingerprint density at radius 2 is 2.27 bits per heavy atom. The molecule has 1 rings (SSSR count). The lowest BCUT2D eigenvalue weighted by Gasteiger charge is -2.28. The van der Waals surface area contributed by atoms with Crippen molar-refractivity contribution in [3.63, 3.8) is 0 Å². The van der Waals surface area contributed by atoms with Crippen LogP contribution in [0.1, 0.15) is 51.9 Å². The molecule has 3 heteroatoms. The maximum absolute atomic E-state index is 10.6. The third kappa shape index (κ3) is 5.17. The first-order valence-electron chi connectivity index (χ1n) is 6.05. The van der Waals surface area contributed by atoms with E-state index in [2.05, 4.69) is 6.92 Å². The molecule has 2 atom stereocenters. The molecule has 0 spiro atoms. The van der Waals surface area contributed by atoms with E-state index in [0.29, 0.717) is 18.4 Å². The summed E-state index contributed by atoms with van der Waals surface area (Å²) in [5.41, 5.74) is 0. The highest BCUT2D eigenvalue weighted by Crippen LogP contribution is 2.26. The van der Waals surface area contributed by atoms with Crippen LogP contribution in [0.2, 0.25) is 0 Å². The molecular weight excluding hydrogens is 192 g/mol. The lowest BCUT2D eigenvalue weighted by atomic mass is 9.90. The van der Waals surface area contributed by atoms with E-state index in [1.807, 2.05) is 0 Å². The summed E-state index contributed by atoms with van der Waals surface area (Å²) in [7, 11) is 0. The zero-order valence-corrected chi connectivity index (χ0v) is 9.58. The van der Waals surface area contributed by atoms with E-state index in [1.54, 1.807) is 0 Å². The van der Waals surface area contributed by atoms with Crippen LogP contribution in [-0.2, 0) is 9.53 Å². The second-order valence-electron chi connectivity index (χ2n) is 4.48. The van der Waals surface area contributed by atoms with Crippen molar-refractivity contribution in [2.24, 2.45) is 5.92 Å². The summed E-state index contributed by atoms with van der Waals surface area (Å²) in [5.74, 6) is -0.336. The smallest absolute Gasteiger partial charge is 0.303 e. The van der Waals surface area contributed by atoms with Crippen LogP contribution in [-0.4, -0.2) is 23.8 Å². The van der Waals surface area contributed by atoms with Crippen LogP contribution in [0.15, 0.2) is 0 Å². The lowest BCUT2D eigenvalue weighted by Crippen LogP contribution is -2.27. The summed E-state index contributed by atoms with van der Waals surface area (Å²) in [6, 6.07) is 0. The van der Waals surface area contributed by atoms with Crippen molar-refractivity contribution in [2.75, 3.05) is 6.61 Å². The molecule has 0 aromatic heterocycles. The Morgan fingerprint density at radius 3 is 2.93 bits per heavy atom. The molecule has 1 fully saturated rings. The molecule has 0 amide bonds. The molecule has 88 valence electrons. The van der Waals surface area contributed by atoms with Gasteiger partial charge < -0.3 is 9.84 Å². The van der Waals surface area contributed by atoms with Crippen molar-refractivity contribution in [3.8, 4) is 0 Å². The molecule has 0 aromatic rings. The minimum Gasteiger partial charge on any atom is -0.481 e. The SMILES string of the molecule is CCCCCC1CC(CC(=O)O)CCO1. The van der Waals surface area contributed by atoms with Crippen molar-refractivity contribution in [2.45, 2.75) is 58.0 Å². The minimum absolute atomic E-state index is 0.313. The van der Waals surface area contributed by atoms with Gasteiger partial charge in [0.05, 0.1) is 6.10 Å². The van der Waals surface area contributed by atoms with Crippen LogP contribution < -0.4 is 0 Å². The van der Waals surface area contributed by atoms with E-state index in [0.717, 1.165) is 25.9 Å². The average Bonchev–Trinajstić information content (AvgIpc) is 2.18. The predicted molar refractivity (Wildman–Crippen MR) is 58.9 cm³/mol. The Balaban J connectivity index is 2.19. The van der Waals surface area contributed by atoms with E-state index in [1.165, 1.54) is 19.3 Å². The Morgan fingerprint density at radius 1 is 1.47 bits per heavy atom. The van der Waals surface area contributed by atoms with Gasteiger partial charge in [0.1, 0.15) is 0 Å². The predicted octanol–water partition coefficient (Wildman–Crippen LogP) is 2.84. The van der Waals surface area contributed by atoms with E-state index in [4.69, 9.17) is 9.84 Å². The normalized spacial score (nSPS) is 26.5. The van der Waals surface area contributed by atoms with Crippen LogP contribution in [0, 0.1) is 5.92 Å². The summed E-state index contributed by atoms with van der Waals surface area (Å²) >= 11 is 0. The summed E-state index contributed by atoms with van der Waals surface area (Å²) < 4.78 is 5.64. The molecule has 1 N–H and O–H groups in total. The molecule has 0 radical (unpaired) electrons. The zero-order chi connectivity index (χ0) is 11.1. The van der Waals surface area contributed by atoms with Gasteiger partial charge in [0.15, 0.2) is 0 Å². The first kappa shape index (κ1) is 12.5. The number of rotatable bonds is 6. The van der Waals surface area contributed by atoms with Crippen LogP contribution in [0.4, 0.5) is 0 Å². The third-order valence-corrected chi connectivity index (χ3v) is 3.07. The van der Waals surface area contributed by atoms with E-state index in [-0.39, 0.29) is 0 Å². The Hall–Kier alpha value is -0.570. The Labute approximate surface area is 91.8 Å². The minimum atomic E-state index is -0.672. The highest BCUT2D eigenvalue weighted by molar-refractivity contribution is 5.67. The second kappa shape index (κ2) is 6.83. The van der Waals surface area contributed by atoms with Gasteiger partial charge >= 0.3 is 5.97 Å². The number of aliphatic carboxylic acids is 1. The lowest BCUT2D eigenvalue weighted by molar-refractivity contribution is -0.139. The second-order valence-corrected chi connectivity index (χ2v) is 4.48. The van der Waals surface area contributed by atoms with Crippen LogP contribution in [0.5, 0.6) is 0 Å². The Kier molecular flexibility index (Phi) is 5.69. The molecule has 0 saturated carbocycles. The molecule has 1 aliphatic heterocycles. The van der Waals surface area contributed by atoms with Gasteiger partial charge in [-0.15, -0.1) is 0 Å². The number of carboxylic acid groups (broad SMARTS) is 1. The number of ether oxygens (including phenoxy) is 1. The summed E-state index contributed by atoms with van der Waals surface area (Å²) in [4.78, 5) is 10.6. The fourth-order valence-corrected chi connectivity index (χ4v) is 2.21. The van der Waals surface area contributed by atoms with Crippen LogP contribution in [0.25, 0.3) is 0 Å². The standard InChI is InChI=1S/C12H22O3/c1-2-3-4-5-11-8-10(6-7-15-11)9-12(13)14/h10-11H,2-9H2,1H3,(H,13,14). The summed E-state index contributed by atoms with van der Waals surface area (Å²) in [6.45, 7) is 2.93. The first-order chi connectivity index (χ1) is 7.22. The molecule has 0 bridgehead atoms. The number of hydrogen-bond acceptors (Lipinski definition) is 2. The highest BCUT2D eigenvalue weighted by Gasteiger charge is 2.23. The van der Waals surface area contributed by atoms with Gasteiger partial charge in [-0.3, -0.25) is 4.79 Å². The number of hydrogen-bond donors (Lipinski definition) is 1. The van der Waals surface area contributed by atoms with Crippen molar-refractivity contribution >= 4 is 5.97 Å². The van der Waals surface area contributed by atoms with Gasteiger partial charge in [-0.05, 0) is 25.2 Å². The van der Waals surface area contributed by atoms with Gasteiger partial charge in [0, 0.05) is 13.0 Å². The molecule has 15 heavy (non-hydrogen) atoms. The fourth-order valence-electron chi connectivity index (χ4n) is 2.21. The molecule has 1 heterocycles. The van der Waals surface area contributed by atoms with E-state index in [9.17, 15) is 4.79 Å². The maximum atomic E-state index is 10.6. The highest BCUT2D eigenvalue weighted by atomic mass is 16.5. The van der Waals surface area contributed by atoms with Gasteiger partial charge in [-0.1, -0.05) is 26.2 Å². The average molecular weight is 214 g/mol. The monoisotopic (exact) mass is 214 g/mol. The summed E-state index contributed by atoms with van der Waals surface area (Å²) in [6.07, 6.45) is 7.27. The van der Waals surface area contributed by atoms with Crippen LogP contribution in [0.3, 0.4) is 0 Å². The van der Waals surface area contributed by atoms with E-state index >= 15 is 0 Å². The molecule has 3 nitrogen and oxygen atoms in total. The third-order valence-electron chi connectivity index (χ3n) is 3.07. The zero-order valence-electron chi connectivity index (χ0n) is 9.58. The number of carboxylic acids is 1.